The maximum Gasteiger partial charge on any atom is 0.257 e. The monoisotopic (exact) mass is 480 g/mol. The highest BCUT2D eigenvalue weighted by Crippen LogP contribution is 2.32. The van der Waals surface area contributed by atoms with Crippen molar-refractivity contribution in [2.75, 3.05) is 26.2 Å². The summed E-state index contributed by atoms with van der Waals surface area (Å²) in [5.41, 5.74) is 4.28. The molecule has 1 aromatic carbocycles. The zero-order chi connectivity index (χ0) is 23.7. The van der Waals surface area contributed by atoms with E-state index in [1.807, 2.05) is 48.4 Å². The summed E-state index contributed by atoms with van der Waals surface area (Å²) in [7, 11) is -3.33. The SMILES string of the molecule is Cc1nn2ccc(C3CCN(S(=O)(=O)Cc4ccccc4)CC3)cc2c1C(=O)N1CCCCC1. The zero-order valence-corrected chi connectivity index (χ0v) is 20.5. The van der Waals surface area contributed by atoms with Crippen LogP contribution in [0, 0.1) is 6.92 Å². The van der Waals surface area contributed by atoms with Gasteiger partial charge in [0, 0.05) is 32.4 Å². The number of nitrogens with zero attached hydrogens (tertiary/aromatic N) is 4. The highest BCUT2D eigenvalue weighted by Gasteiger charge is 2.30. The number of likely N-dealkylation sites (tertiary alicyclic amines) is 1. The van der Waals surface area contributed by atoms with Crippen LogP contribution in [-0.4, -0.2) is 59.3 Å². The van der Waals surface area contributed by atoms with Gasteiger partial charge in [0.05, 0.1) is 22.5 Å². The summed E-state index contributed by atoms with van der Waals surface area (Å²) in [5, 5.41) is 4.58. The molecular weight excluding hydrogens is 448 g/mol. The smallest absolute Gasteiger partial charge is 0.257 e. The van der Waals surface area contributed by atoms with Crippen LogP contribution in [0.2, 0.25) is 0 Å². The first-order valence-electron chi connectivity index (χ1n) is 12.2. The van der Waals surface area contributed by atoms with E-state index in [1.165, 1.54) is 6.42 Å². The number of aromatic nitrogens is 2. The molecule has 34 heavy (non-hydrogen) atoms. The van der Waals surface area contributed by atoms with Gasteiger partial charge >= 0.3 is 0 Å². The Morgan fingerprint density at radius 2 is 1.71 bits per heavy atom. The van der Waals surface area contributed by atoms with Crippen LogP contribution in [0.15, 0.2) is 48.7 Å². The molecule has 0 saturated carbocycles. The van der Waals surface area contributed by atoms with Crippen molar-refractivity contribution in [3.8, 4) is 0 Å². The molecule has 180 valence electrons. The van der Waals surface area contributed by atoms with Crippen molar-refractivity contribution in [3.05, 3.63) is 71.0 Å². The fourth-order valence-electron chi connectivity index (χ4n) is 5.30. The van der Waals surface area contributed by atoms with Gasteiger partial charge in [-0.2, -0.15) is 5.10 Å². The van der Waals surface area contributed by atoms with E-state index in [0.717, 1.165) is 61.1 Å². The Morgan fingerprint density at radius 1 is 1.00 bits per heavy atom. The lowest BCUT2D eigenvalue weighted by Gasteiger charge is -2.31. The van der Waals surface area contributed by atoms with Gasteiger partial charge in [-0.1, -0.05) is 30.3 Å². The fraction of sp³-hybridized carbons (Fsp3) is 0.462. The number of hydrogen-bond donors (Lipinski definition) is 0. The lowest BCUT2D eigenvalue weighted by molar-refractivity contribution is 0.0725. The first kappa shape index (κ1) is 23.1. The maximum absolute atomic E-state index is 13.3. The minimum Gasteiger partial charge on any atom is -0.339 e. The molecule has 1 amide bonds. The number of carbonyl (C=O) groups excluding carboxylic acids is 1. The van der Waals surface area contributed by atoms with Gasteiger partial charge in [0.25, 0.3) is 5.91 Å². The van der Waals surface area contributed by atoms with E-state index >= 15 is 0 Å². The van der Waals surface area contributed by atoms with Crippen molar-refractivity contribution in [3.63, 3.8) is 0 Å². The molecule has 2 fully saturated rings. The summed E-state index contributed by atoms with van der Waals surface area (Å²) in [6.07, 6.45) is 6.77. The van der Waals surface area contributed by atoms with Gasteiger partial charge in [-0.05, 0) is 68.2 Å². The van der Waals surface area contributed by atoms with Gasteiger partial charge in [-0.25, -0.2) is 17.2 Å². The summed E-state index contributed by atoms with van der Waals surface area (Å²) < 4.78 is 29.3. The average molecular weight is 481 g/mol. The Kier molecular flexibility index (Phi) is 6.44. The maximum atomic E-state index is 13.3. The number of aryl methyl sites for hydroxylation is 1. The number of pyridine rings is 1. The van der Waals surface area contributed by atoms with Crippen molar-refractivity contribution >= 4 is 21.4 Å². The number of benzene rings is 1. The van der Waals surface area contributed by atoms with Crippen LogP contribution in [-0.2, 0) is 15.8 Å². The van der Waals surface area contributed by atoms with Crippen LogP contribution >= 0.6 is 0 Å². The zero-order valence-electron chi connectivity index (χ0n) is 19.7. The van der Waals surface area contributed by atoms with E-state index in [9.17, 15) is 13.2 Å². The van der Waals surface area contributed by atoms with Gasteiger partial charge in [-0.3, -0.25) is 4.79 Å². The highest BCUT2D eigenvalue weighted by molar-refractivity contribution is 7.88. The minimum atomic E-state index is -3.33. The van der Waals surface area contributed by atoms with E-state index < -0.39 is 10.0 Å². The van der Waals surface area contributed by atoms with E-state index in [2.05, 4.69) is 17.2 Å². The number of piperidine rings is 2. The lowest BCUT2D eigenvalue weighted by Crippen LogP contribution is -2.38. The van der Waals surface area contributed by atoms with Crippen molar-refractivity contribution in [2.45, 2.75) is 50.7 Å². The summed E-state index contributed by atoms with van der Waals surface area (Å²) in [6.45, 7) is 4.56. The Balaban J connectivity index is 1.32. The summed E-state index contributed by atoms with van der Waals surface area (Å²) in [5.74, 6) is 0.383. The molecule has 8 heteroatoms. The second-order valence-electron chi connectivity index (χ2n) is 9.52. The Labute approximate surface area is 201 Å². The molecule has 4 heterocycles. The molecule has 7 nitrogen and oxygen atoms in total. The molecule has 0 N–H and O–H groups in total. The van der Waals surface area contributed by atoms with Crippen LogP contribution in [0.3, 0.4) is 0 Å². The van der Waals surface area contributed by atoms with Gasteiger partial charge in [0.2, 0.25) is 10.0 Å². The van der Waals surface area contributed by atoms with Gasteiger partial charge in [-0.15, -0.1) is 0 Å². The van der Waals surface area contributed by atoms with E-state index in [1.54, 1.807) is 8.82 Å². The van der Waals surface area contributed by atoms with E-state index in [4.69, 9.17) is 0 Å². The van der Waals surface area contributed by atoms with Crippen molar-refractivity contribution in [1.29, 1.82) is 0 Å². The normalized spacial score (nSPS) is 18.4. The topological polar surface area (TPSA) is 75.0 Å². The molecule has 2 saturated heterocycles. The van der Waals surface area contributed by atoms with Gasteiger partial charge in [0.15, 0.2) is 0 Å². The third kappa shape index (κ3) is 4.61. The lowest BCUT2D eigenvalue weighted by atomic mass is 9.90. The number of amides is 1. The Hall–Kier alpha value is -2.71. The molecule has 0 bridgehead atoms. The molecule has 3 aromatic rings. The number of rotatable bonds is 5. The fourth-order valence-corrected chi connectivity index (χ4v) is 6.86. The summed E-state index contributed by atoms with van der Waals surface area (Å²) >= 11 is 0. The summed E-state index contributed by atoms with van der Waals surface area (Å²) in [6, 6.07) is 13.5. The number of hydrogen-bond acceptors (Lipinski definition) is 4. The van der Waals surface area contributed by atoms with Crippen LogP contribution in [0.4, 0.5) is 0 Å². The number of sulfonamides is 1. The van der Waals surface area contributed by atoms with Crippen LogP contribution in [0.25, 0.3) is 5.52 Å². The van der Waals surface area contributed by atoms with Gasteiger partial charge < -0.3 is 4.90 Å². The predicted molar refractivity (Wildman–Crippen MR) is 132 cm³/mol. The van der Waals surface area contributed by atoms with E-state index in [0.29, 0.717) is 18.7 Å². The first-order chi connectivity index (χ1) is 16.4. The van der Waals surface area contributed by atoms with Crippen LogP contribution < -0.4 is 0 Å². The Morgan fingerprint density at radius 3 is 2.41 bits per heavy atom. The molecule has 0 radical (unpaired) electrons. The van der Waals surface area contributed by atoms with Crippen molar-refractivity contribution in [1.82, 2.24) is 18.8 Å². The molecule has 0 atom stereocenters. The minimum absolute atomic E-state index is 0.0432. The molecule has 0 spiro atoms. The molecule has 2 aliphatic rings. The van der Waals surface area contributed by atoms with Crippen LogP contribution in [0.5, 0.6) is 0 Å². The first-order valence-corrected chi connectivity index (χ1v) is 13.8. The molecule has 0 unspecified atom stereocenters. The molecule has 5 rings (SSSR count). The largest absolute Gasteiger partial charge is 0.339 e. The second kappa shape index (κ2) is 9.50. The Bertz CT molecular complexity index is 1270. The molecular formula is C26H32N4O3S. The number of carbonyl (C=O) groups is 1. The highest BCUT2D eigenvalue weighted by atomic mass is 32.2. The van der Waals surface area contributed by atoms with Crippen molar-refractivity contribution in [2.24, 2.45) is 0 Å². The molecule has 2 aromatic heterocycles. The van der Waals surface area contributed by atoms with Gasteiger partial charge in [0.1, 0.15) is 0 Å². The standard InChI is InChI=1S/C26H32N4O3S/c1-20-25(26(31)28-13-6-3-7-14-28)24-18-23(12-17-30(24)27-20)22-10-15-29(16-11-22)34(32,33)19-21-8-4-2-5-9-21/h2,4-5,8-9,12,17-18,22H,3,6-7,10-11,13-16,19H2,1H3. The van der Waals surface area contributed by atoms with Crippen molar-refractivity contribution < 1.29 is 13.2 Å². The average Bonchev–Trinajstić information content (AvgIpc) is 3.19. The number of fused-ring (bicyclic) bond motifs is 1. The van der Waals surface area contributed by atoms with E-state index in [-0.39, 0.29) is 17.6 Å². The molecule has 2 aliphatic heterocycles. The summed E-state index contributed by atoms with van der Waals surface area (Å²) in [4.78, 5) is 15.2. The third-order valence-corrected chi connectivity index (χ3v) is 9.05. The quantitative estimate of drug-likeness (QED) is 0.554. The van der Waals surface area contributed by atoms with Crippen LogP contribution in [0.1, 0.15) is 65.2 Å². The molecule has 0 aliphatic carbocycles. The second-order valence-corrected chi connectivity index (χ2v) is 11.5. The third-order valence-electron chi connectivity index (χ3n) is 7.20. The predicted octanol–water partition coefficient (Wildman–Crippen LogP) is 3.98.